The maximum atomic E-state index is 11.6. The Balaban J connectivity index is 4.43. The van der Waals surface area contributed by atoms with Crippen LogP contribution < -0.4 is 0 Å². The SMILES string of the molecule is CCCOC(=O)CC(OC(C)(C)C)OC(C)(C)C. The number of hydrogen-bond donors (Lipinski definition) is 0. The van der Waals surface area contributed by atoms with E-state index >= 15 is 0 Å². The molecular weight excluding hydrogens is 232 g/mol. The van der Waals surface area contributed by atoms with E-state index in [0.717, 1.165) is 6.42 Å². The van der Waals surface area contributed by atoms with Gasteiger partial charge in [-0.25, -0.2) is 0 Å². The summed E-state index contributed by atoms with van der Waals surface area (Å²) in [5.41, 5.74) is -0.720. The number of rotatable bonds is 6. The summed E-state index contributed by atoms with van der Waals surface area (Å²) in [6.45, 7) is 14.0. The molecule has 0 saturated heterocycles. The Labute approximate surface area is 111 Å². The fraction of sp³-hybridized carbons (Fsp3) is 0.929. The fourth-order valence-electron chi connectivity index (χ4n) is 1.31. The second-order valence-electron chi connectivity index (χ2n) is 6.31. The van der Waals surface area contributed by atoms with Gasteiger partial charge >= 0.3 is 5.97 Å². The zero-order chi connectivity index (χ0) is 14.4. The molecule has 0 saturated carbocycles. The molecule has 18 heavy (non-hydrogen) atoms. The van der Waals surface area contributed by atoms with Crippen LogP contribution in [0, 0.1) is 0 Å². The van der Waals surface area contributed by atoms with E-state index in [1.54, 1.807) is 0 Å². The Kier molecular flexibility index (Phi) is 6.86. The van der Waals surface area contributed by atoms with Crippen molar-refractivity contribution in [1.29, 1.82) is 0 Å². The molecule has 4 nitrogen and oxygen atoms in total. The van der Waals surface area contributed by atoms with E-state index in [9.17, 15) is 4.79 Å². The summed E-state index contributed by atoms with van der Waals surface area (Å²) in [7, 11) is 0. The van der Waals surface area contributed by atoms with E-state index in [1.807, 2.05) is 48.5 Å². The predicted octanol–water partition coefficient (Wildman–Crippen LogP) is 3.29. The molecule has 0 aromatic heterocycles. The summed E-state index contributed by atoms with van der Waals surface area (Å²) in [6, 6.07) is 0. The Morgan fingerprint density at radius 2 is 1.44 bits per heavy atom. The summed E-state index contributed by atoms with van der Waals surface area (Å²) in [5, 5.41) is 0. The van der Waals surface area contributed by atoms with E-state index < -0.39 is 6.29 Å². The highest BCUT2D eigenvalue weighted by atomic mass is 16.7. The Bertz CT molecular complexity index is 232. The Morgan fingerprint density at radius 1 is 1.00 bits per heavy atom. The van der Waals surface area contributed by atoms with Crippen LogP contribution in [-0.2, 0) is 19.0 Å². The molecule has 0 radical (unpaired) electrons. The molecule has 0 aromatic carbocycles. The quantitative estimate of drug-likeness (QED) is 0.543. The maximum absolute atomic E-state index is 11.6. The third kappa shape index (κ3) is 10.5. The van der Waals surface area contributed by atoms with Gasteiger partial charge in [0, 0.05) is 0 Å². The molecule has 0 aliphatic heterocycles. The smallest absolute Gasteiger partial charge is 0.310 e. The molecular formula is C14H28O4. The first-order valence-electron chi connectivity index (χ1n) is 6.55. The van der Waals surface area contributed by atoms with Crippen LogP contribution in [0.2, 0.25) is 0 Å². The van der Waals surface area contributed by atoms with Gasteiger partial charge in [-0.1, -0.05) is 6.92 Å². The molecule has 0 rings (SSSR count). The molecule has 0 atom stereocenters. The second kappa shape index (κ2) is 7.10. The second-order valence-corrected chi connectivity index (χ2v) is 6.31. The van der Waals surface area contributed by atoms with Crippen molar-refractivity contribution in [3.63, 3.8) is 0 Å². The van der Waals surface area contributed by atoms with E-state index in [1.165, 1.54) is 0 Å². The van der Waals surface area contributed by atoms with Gasteiger partial charge in [-0.3, -0.25) is 4.79 Å². The predicted molar refractivity (Wildman–Crippen MR) is 71.3 cm³/mol. The van der Waals surface area contributed by atoms with E-state index in [0.29, 0.717) is 6.61 Å². The Hall–Kier alpha value is -0.610. The normalized spacial score (nSPS) is 12.9. The third-order valence-corrected chi connectivity index (χ3v) is 1.77. The number of carbonyl (C=O) groups is 1. The average Bonchev–Trinajstić information content (AvgIpc) is 2.08. The number of ether oxygens (including phenoxy) is 3. The van der Waals surface area contributed by atoms with Crippen molar-refractivity contribution in [1.82, 2.24) is 0 Å². The van der Waals surface area contributed by atoms with Crippen LogP contribution in [0.1, 0.15) is 61.3 Å². The Morgan fingerprint density at radius 3 is 1.78 bits per heavy atom. The topological polar surface area (TPSA) is 44.8 Å². The van der Waals surface area contributed by atoms with E-state index in [-0.39, 0.29) is 23.6 Å². The van der Waals surface area contributed by atoms with Crippen molar-refractivity contribution < 1.29 is 19.0 Å². The first kappa shape index (κ1) is 17.4. The van der Waals surface area contributed by atoms with Crippen LogP contribution in [0.25, 0.3) is 0 Å². The van der Waals surface area contributed by atoms with Gasteiger partial charge in [0.05, 0.1) is 24.2 Å². The maximum Gasteiger partial charge on any atom is 0.310 e. The highest BCUT2D eigenvalue weighted by Crippen LogP contribution is 2.20. The molecule has 0 fully saturated rings. The number of hydrogen-bond acceptors (Lipinski definition) is 4. The summed E-state index contributed by atoms with van der Waals surface area (Å²) >= 11 is 0. The fourth-order valence-corrected chi connectivity index (χ4v) is 1.31. The lowest BCUT2D eigenvalue weighted by Crippen LogP contribution is -2.37. The first-order valence-corrected chi connectivity index (χ1v) is 6.55. The number of carbonyl (C=O) groups excluding carboxylic acids is 1. The molecule has 108 valence electrons. The van der Waals surface area contributed by atoms with Crippen LogP contribution in [-0.4, -0.2) is 30.1 Å². The summed E-state index contributed by atoms with van der Waals surface area (Å²) in [5.74, 6) is -0.282. The van der Waals surface area contributed by atoms with Crippen molar-refractivity contribution in [3.8, 4) is 0 Å². The summed E-state index contributed by atoms with van der Waals surface area (Å²) in [6.07, 6.45) is 0.361. The number of esters is 1. The van der Waals surface area contributed by atoms with Gasteiger partial charge in [0.2, 0.25) is 0 Å². The lowest BCUT2D eigenvalue weighted by Gasteiger charge is -2.32. The van der Waals surface area contributed by atoms with Crippen LogP contribution in [0.3, 0.4) is 0 Å². The molecule has 0 amide bonds. The molecule has 0 unspecified atom stereocenters. The van der Waals surface area contributed by atoms with Crippen LogP contribution in [0.15, 0.2) is 0 Å². The molecule has 0 aliphatic carbocycles. The van der Waals surface area contributed by atoms with Crippen LogP contribution in [0.5, 0.6) is 0 Å². The van der Waals surface area contributed by atoms with Crippen LogP contribution >= 0.6 is 0 Å². The minimum Gasteiger partial charge on any atom is -0.466 e. The van der Waals surface area contributed by atoms with Gasteiger partial charge in [-0.2, -0.15) is 0 Å². The summed E-state index contributed by atoms with van der Waals surface area (Å²) < 4.78 is 16.5. The van der Waals surface area contributed by atoms with Gasteiger partial charge < -0.3 is 14.2 Å². The van der Waals surface area contributed by atoms with Crippen molar-refractivity contribution in [2.75, 3.05) is 6.61 Å². The van der Waals surface area contributed by atoms with Gasteiger partial charge in [0.25, 0.3) is 0 Å². The average molecular weight is 260 g/mol. The zero-order valence-electron chi connectivity index (χ0n) is 12.8. The monoisotopic (exact) mass is 260 g/mol. The molecule has 4 heteroatoms. The van der Waals surface area contributed by atoms with Crippen LogP contribution in [0.4, 0.5) is 0 Å². The molecule has 0 aromatic rings. The molecule has 0 heterocycles. The lowest BCUT2D eigenvalue weighted by molar-refractivity contribution is -0.237. The van der Waals surface area contributed by atoms with Crippen molar-refractivity contribution >= 4 is 5.97 Å². The zero-order valence-corrected chi connectivity index (χ0v) is 12.8. The minimum absolute atomic E-state index is 0.120. The van der Waals surface area contributed by atoms with Crippen molar-refractivity contribution in [2.24, 2.45) is 0 Å². The molecule has 0 N–H and O–H groups in total. The van der Waals surface area contributed by atoms with Gasteiger partial charge in [0.1, 0.15) is 0 Å². The highest BCUT2D eigenvalue weighted by molar-refractivity contribution is 5.69. The van der Waals surface area contributed by atoms with E-state index in [2.05, 4.69) is 0 Å². The standard InChI is InChI=1S/C14H28O4/c1-8-9-16-11(15)10-12(17-13(2,3)4)18-14(5,6)7/h12H,8-10H2,1-7H3. The molecule has 0 spiro atoms. The van der Waals surface area contributed by atoms with Gasteiger partial charge in [-0.05, 0) is 48.0 Å². The lowest BCUT2D eigenvalue weighted by atomic mass is 10.1. The first-order chi connectivity index (χ1) is 8.03. The molecule has 0 aliphatic rings. The largest absolute Gasteiger partial charge is 0.466 e. The summed E-state index contributed by atoms with van der Waals surface area (Å²) in [4.78, 5) is 11.6. The van der Waals surface area contributed by atoms with E-state index in [4.69, 9.17) is 14.2 Å². The van der Waals surface area contributed by atoms with Gasteiger partial charge in [-0.15, -0.1) is 0 Å². The third-order valence-electron chi connectivity index (χ3n) is 1.77. The minimum atomic E-state index is -0.575. The van der Waals surface area contributed by atoms with Crippen molar-refractivity contribution in [2.45, 2.75) is 78.8 Å². The molecule has 0 bridgehead atoms. The van der Waals surface area contributed by atoms with Crippen molar-refractivity contribution in [3.05, 3.63) is 0 Å². The van der Waals surface area contributed by atoms with Gasteiger partial charge in [0.15, 0.2) is 6.29 Å². The highest BCUT2D eigenvalue weighted by Gasteiger charge is 2.27.